The molecule has 0 amide bonds. The Balaban J connectivity index is 2.79. The summed E-state index contributed by atoms with van der Waals surface area (Å²) in [5.41, 5.74) is 0.571. The Morgan fingerprint density at radius 1 is 1.54 bits per heavy atom. The molecule has 0 saturated carbocycles. The monoisotopic (exact) mass is 255 g/mol. The lowest BCUT2D eigenvalue weighted by Crippen LogP contribution is -1.91. The number of Topliss-reactive ketones (excluding diaryl/α,β-unsaturated/α-hetero) is 1. The largest absolute Gasteiger partial charge is 0.293 e. The number of ketones is 1. The minimum absolute atomic E-state index is 0.0179. The number of carbonyl (C=O) groups is 1. The minimum atomic E-state index is 0.0179. The highest BCUT2D eigenvalue weighted by Crippen LogP contribution is 2.26. The Bertz CT molecular complexity index is 477. The van der Waals surface area contributed by atoms with Gasteiger partial charge >= 0.3 is 0 Å². The summed E-state index contributed by atoms with van der Waals surface area (Å²) in [6.07, 6.45) is 0. The van der Waals surface area contributed by atoms with Gasteiger partial charge in [-0.05, 0) is 29.7 Å². The molecule has 0 aliphatic heterocycles. The molecule has 0 bridgehead atoms. The highest BCUT2D eigenvalue weighted by Gasteiger charge is 2.09. The van der Waals surface area contributed by atoms with E-state index >= 15 is 0 Å². The summed E-state index contributed by atoms with van der Waals surface area (Å²) >= 11 is 4.73. The van der Waals surface area contributed by atoms with Gasteiger partial charge in [-0.2, -0.15) is 4.37 Å². The van der Waals surface area contributed by atoms with Crippen LogP contribution in [0.4, 0.5) is 0 Å². The Labute approximate surface area is 87.9 Å². The van der Waals surface area contributed by atoms with Crippen molar-refractivity contribution in [3.8, 4) is 0 Å². The topological polar surface area (TPSA) is 30.0 Å². The van der Waals surface area contributed by atoms with Crippen LogP contribution in [-0.4, -0.2) is 10.2 Å². The molecule has 66 valence electrons. The van der Waals surface area contributed by atoms with Crippen LogP contribution in [0, 0.1) is 0 Å². The predicted octanol–water partition coefficient (Wildman–Crippen LogP) is 3.26. The van der Waals surface area contributed by atoms with E-state index < -0.39 is 0 Å². The molecule has 0 spiro atoms. The van der Waals surface area contributed by atoms with Gasteiger partial charge < -0.3 is 0 Å². The van der Waals surface area contributed by atoms with Crippen molar-refractivity contribution in [2.75, 3.05) is 0 Å². The SMILES string of the molecule is CC(=O)c1nsc2ccc(Br)cc12. The number of benzene rings is 1. The van der Waals surface area contributed by atoms with E-state index in [9.17, 15) is 4.79 Å². The Morgan fingerprint density at radius 2 is 2.31 bits per heavy atom. The molecule has 0 radical (unpaired) electrons. The molecule has 0 aliphatic carbocycles. The summed E-state index contributed by atoms with van der Waals surface area (Å²) in [4.78, 5) is 11.2. The minimum Gasteiger partial charge on any atom is -0.293 e. The van der Waals surface area contributed by atoms with E-state index in [0.29, 0.717) is 5.69 Å². The zero-order valence-electron chi connectivity index (χ0n) is 6.87. The van der Waals surface area contributed by atoms with Crippen molar-refractivity contribution < 1.29 is 4.79 Å². The normalized spacial score (nSPS) is 10.6. The summed E-state index contributed by atoms with van der Waals surface area (Å²) in [5.74, 6) is 0.0179. The highest BCUT2D eigenvalue weighted by atomic mass is 79.9. The van der Waals surface area contributed by atoms with Crippen LogP contribution < -0.4 is 0 Å². The number of aromatic nitrogens is 1. The van der Waals surface area contributed by atoms with E-state index in [1.807, 2.05) is 18.2 Å². The molecule has 13 heavy (non-hydrogen) atoms. The molecule has 0 N–H and O–H groups in total. The molecule has 0 saturated heterocycles. The van der Waals surface area contributed by atoms with E-state index in [1.54, 1.807) is 0 Å². The third kappa shape index (κ3) is 1.51. The van der Waals surface area contributed by atoms with Crippen LogP contribution in [0.5, 0.6) is 0 Å². The molecule has 1 heterocycles. The van der Waals surface area contributed by atoms with Crippen molar-refractivity contribution in [3.63, 3.8) is 0 Å². The summed E-state index contributed by atoms with van der Waals surface area (Å²) in [5, 5.41) is 0.937. The van der Waals surface area contributed by atoms with Crippen LogP contribution in [0.25, 0.3) is 10.1 Å². The van der Waals surface area contributed by atoms with Gasteiger partial charge in [0.15, 0.2) is 5.78 Å². The van der Waals surface area contributed by atoms with E-state index in [2.05, 4.69) is 20.3 Å². The first-order chi connectivity index (χ1) is 6.18. The van der Waals surface area contributed by atoms with Gasteiger partial charge in [0.1, 0.15) is 5.69 Å². The van der Waals surface area contributed by atoms with E-state index in [1.165, 1.54) is 18.5 Å². The van der Waals surface area contributed by atoms with Crippen LogP contribution in [0.15, 0.2) is 22.7 Å². The fourth-order valence-electron chi connectivity index (χ4n) is 1.16. The Morgan fingerprint density at radius 3 is 3.00 bits per heavy atom. The molecule has 2 rings (SSSR count). The van der Waals surface area contributed by atoms with Crippen molar-refractivity contribution in [1.82, 2.24) is 4.37 Å². The van der Waals surface area contributed by atoms with Gasteiger partial charge in [-0.3, -0.25) is 4.79 Å². The molecular formula is C9H6BrNOS. The first-order valence-electron chi connectivity index (χ1n) is 3.74. The fourth-order valence-corrected chi connectivity index (χ4v) is 2.33. The Kier molecular flexibility index (Phi) is 2.17. The molecule has 1 aromatic heterocycles. The molecule has 0 fully saturated rings. The molecule has 0 unspecified atom stereocenters. The maximum Gasteiger partial charge on any atom is 0.179 e. The van der Waals surface area contributed by atoms with E-state index in [4.69, 9.17) is 0 Å². The third-order valence-electron chi connectivity index (χ3n) is 1.77. The summed E-state index contributed by atoms with van der Waals surface area (Å²) in [6.45, 7) is 1.54. The van der Waals surface area contributed by atoms with Gasteiger partial charge in [0.2, 0.25) is 0 Å². The zero-order valence-corrected chi connectivity index (χ0v) is 9.28. The number of hydrogen-bond donors (Lipinski definition) is 0. The van der Waals surface area contributed by atoms with Gasteiger partial charge in [0.25, 0.3) is 0 Å². The van der Waals surface area contributed by atoms with E-state index in [-0.39, 0.29) is 5.78 Å². The van der Waals surface area contributed by atoms with Gasteiger partial charge in [-0.1, -0.05) is 15.9 Å². The van der Waals surface area contributed by atoms with Gasteiger partial charge in [0.05, 0.1) is 4.70 Å². The first-order valence-corrected chi connectivity index (χ1v) is 5.31. The fraction of sp³-hybridized carbons (Fsp3) is 0.111. The predicted molar refractivity (Wildman–Crippen MR) is 57.3 cm³/mol. The lowest BCUT2D eigenvalue weighted by molar-refractivity contribution is 0.101. The summed E-state index contributed by atoms with van der Waals surface area (Å²) in [7, 11) is 0. The van der Waals surface area contributed by atoms with Crippen LogP contribution in [0.2, 0.25) is 0 Å². The van der Waals surface area contributed by atoms with Crippen LogP contribution in [-0.2, 0) is 0 Å². The van der Waals surface area contributed by atoms with Crippen molar-refractivity contribution in [2.24, 2.45) is 0 Å². The molecule has 4 heteroatoms. The van der Waals surface area contributed by atoms with Crippen LogP contribution in [0.1, 0.15) is 17.4 Å². The summed E-state index contributed by atoms with van der Waals surface area (Å²) < 4.78 is 6.13. The van der Waals surface area contributed by atoms with Gasteiger partial charge in [0, 0.05) is 16.8 Å². The highest BCUT2D eigenvalue weighted by molar-refractivity contribution is 9.10. The Hall–Kier alpha value is -0.740. The summed E-state index contributed by atoms with van der Waals surface area (Å²) in [6, 6.07) is 5.84. The second-order valence-electron chi connectivity index (χ2n) is 2.73. The smallest absolute Gasteiger partial charge is 0.179 e. The number of nitrogens with zero attached hydrogens (tertiary/aromatic N) is 1. The number of carbonyl (C=O) groups excluding carboxylic acids is 1. The average molecular weight is 256 g/mol. The van der Waals surface area contributed by atoms with Crippen molar-refractivity contribution >= 4 is 43.3 Å². The average Bonchev–Trinajstić information content (AvgIpc) is 2.46. The maximum atomic E-state index is 11.2. The van der Waals surface area contributed by atoms with Crippen molar-refractivity contribution in [1.29, 1.82) is 0 Å². The second-order valence-corrected chi connectivity index (χ2v) is 4.45. The standard InChI is InChI=1S/C9H6BrNOS/c1-5(12)9-7-4-6(10)2-3-8(7)13-11-9/h2-4H,1H3. The number of halogens is 1. The van der Waals surface area contributed by atoms with Crippen LogP contribution >= 0.6 is 27.5 Å². The van der Waals surface area contributed by atoms with Crippen molar-refractivity contribution in [2.45, 2.75) is 6.92 Å². The lowest BCUT2D eigenvalue weighted by Gasteiger charge is -1.92. The first kappa shape index (κ1) is 8.84. The third-order valence-corrected chi connectivity index (χ3v) is 3.09. The molecule has 0 aliphatic rings. The quantitative estimate of drug-likeness (QED) is 0.733. The van der Waals surface area contributed by atoms with E-state index in [0.717, 1.165) is 14.6 Å². The van der Waals surface area contributed by atoms with Gasteiger partial charge in [-0.25, -0.2) is 0 Å². The molecule has 1 aromatic carbocycles. The molecule has 2 nitrogen and oxygen atoms in total. The van der Waals surface area contributed by atoms with Gasteiger partial charge in [-0.15, -0.1) is 0 Å². The lowest BCUT2D eigenvalue weighted by atomic mass is 10.2. The van der Waals surface area contributed by atoms with Crippen LogP contribution in [0.3, 0.4) is 0 Å². The molecular weight excluding hydrogens is 250 g/mol. The zero-order chi connectivity index (χ0) is 9.42. The number of fused-ring (bicyclic) bond motifs is 1. The maximum absolute atomic E-state index is 11.2. The molecule has 0 atom stereocenters. The second kappa shape index (κ2) is 3.20. The number of rotatable bonds is 1. The number of hydrogen-bond acceptors (Lipinski definition) is 3. The molecule has 2 aromatic rings. The van der Waals surface area contributed by atoms with Crippen molar-refractivity contribution in [3.05, 3.63) is 28.4 Å².